The van der Waals surface area contributed by atoms with Crippen LogP contribution in [-0.2, 0) is 4.79 Å². The number of amides is 2. The molecular formula is C18H18Br2N2O3. The van der Waals surface area contributed by atoms with Crippen molar-refractivity contribution in [3.05, 3.63) is 56.5 Å². The second kappa shape index (κ2) is 9.01. The smallest absolute Gasteiger partial charge is 0.262 e. The lowest BCUT2D eigenvalue weighted by molar-refractivity contribution is -0.118. The first-order valence-corrected chi connectivity index (χ1v) is 9.26. The minimum absolute atomic E-state index is 0.132. The fourth-order valence-corrected chi connectivity index (χ4v) is 3.76. The molecule has 2 rings (SSSR count). The molecule has 0 heterocycles. The van der Waals surface area contributed by atoms with Gasteiger partial charge in [0.15, 0.2) is 6.61 Å². The zero-order valence-electron chi connectivity index (χ0n) is 13.9. The molecule has 2 amide bonds. The van der Waals surface area contributed by atoms with Gasteiger partial charge in [-0.05, 0) is 65.7 Å². The van der Waals surface area contributed by atoms with Crippen LogP contribution in [0.5, 0.6) is 5.75 Å². The highest BCUT2D eigenvalue weighted by molar-refractivity contribution is 9.11. The van der Waals surface area contributed by atoms with Crippen LogP contribution in [0.1, 0.15) is 22.8 Å². The van der Waals surface area contributed by atoms with Gasteiger partial charge in [0.2, 0.25) is 0 Å². The number of hydrogen-bond acceptors (Lipinski definition) is 3. The molecule has 2 aromatic rings. The first kappa shape index (κ1) is 19.5. The number of anilines is 1. The van der Waals surface area contributed by atoms with E-state index in [1.165, 1.54) is 0 Å². The van der Waals surface area contributed by atoms with Crippen LogP contribution in [-0.4, -0.2) is 25.0 Å². The lowest BCUT2D eigenvalue weighted by atomic mass is 10.2. The molecule has 0 aliphatic heterocycles. The van der Waals surface area contributed by atoms with E-state index in [1.807, 2.05) is 26.0 Å². The number of carbonyl (C=O) groups is 2. The van der Waals surface area contributed by atoms with Crippen molar-refractivity contribution >= 4 is 49.4 Å². The van der Waals surface area contributed by atoms with Crippen molar-refractivity contribution in [1.29, 1.82) is 0 Å². The maximum Gasteiger partial charge on any atom is 0.262 e. The molecule has 0 bridgehead atoms. The second-order valence-electron chi connectivity index (χ2n) is 5.31. The van der Waals surface area contributed by atoms with Crippen LogP contribution < -0.4 is 15.4 Å². The highest BCUT2D eigenvalue weighted by Crippen LogP contribution is 2.32. The van der Waals surface area contributed by atoms with Gasteiger partial charge in [-0.25, -0.2) is 0 Å². The fraction of sp³-hybridized carbons (Fsp3) is 0.222. The van der Waals surface area contributed by atoms with Gasteiger partial charge in [0, 0.05) is 22.3 Å². The predicted octanol–water partition coefficient (Wildman–Crippen LogP) is 4.29. The Bertz CT molecular complexity index is 771. The van der Waals surface area contributed by atoms with Crippen molar-refractivity contribution in [3.8, 4) is 5.75 Å². The molecule has 2 N–H and O–H groups in total. The summed E-state index contributed by atoms with van der Waals surface area (Å²) in [6.45, 7) is 4.17. The summed E-state index contributed by atoms with van der Waals surface area (Å²) in [4.78, 5) is 24.0. The number of nitrogens with one attached hydrogen (secondary N) is 2. The van der Waals surface area contributed by atoms with Crippen LogP contribution in [0.15, 0.2) is 45.3 Å². The van der Waals surface area contributed by atoms with Gasteiger partial charge in [-0.2, -0.15) is 0 Å². The molecule has 0 aliphatic rings. The van der Waals surface area contributed by atoms with Crippen LogP contribution in [0.3, 0.4) is 0 Å². The zero-order chi connectivity index (χ0) is 18.4. The van der Waals surface area contributed by atoms with Gasteiger partial charge < -0.3 is 15.4 Å². The summed E-state index contributed by atoms with van der Waals surface area (Å²) >= 11 is 6.83. The van der Waals surface area contributed by atoms with Crippen LogP contribution in [0, 0.1) is 6.92 Å². The Hall–Kier alpha value is -1.86. The van der Waals surface area contributed by atoms with Crippen molar-refractivity contribution in [2.24, 2.45) is 0 Å². The van der Waals surface area contributed by atoms with Crippen molar-refractivity contribution < 1.29 is 14.3 Å². The van der Waals surface area contributed by atoms with E-state index in [-0.39, 0.29) is 18.4 Å². The van der Waals surface area contributed by atoms with E-state index in [4.69, 9.17) is 4.74 Å². The largest absolute Gasteiger partial charge is 0.482 e. The molecule has 0 radical (unpaired) electrons. The first-order chi connectivity index (χ1) is 11.9. The van der Waals surface area contributed by atoms with Gasteiger partial charge in [-0.3, -0.25) is 9.59 Å². The summed E-state index contributed by atoms with van der Waals surface area (Å²) < 4.78 is 7.31. The van der Waals surface area contributed by atoms with Gasteiger partial charge in [-0.15, -0.1) is 0 Å². The minimum Gasteiger partial charge on any atom is -0.482 e. The van der Waals surface area contributed by atoms with Crippen molar-refractivity contribution in [2.45, 2.75) is 13.8 Å². The van der Waals surface area contributed by atoms with Gasteiger partial charge in [0.05, 0.1) is 4.47 Å². The van der Waals surface area contributed by atoms with E-state index in [2.05, 4.69) is 42.5 Å². The predicted molar refractivity (Wildman–Crippen MR) is 105 cm³/mol. The van der Waals surface area contributed by atoms with Crippen molar-refractivity contribution in [2.75, 3.05) is 18.5 Å². The Labute approximate surface area is 163 Å². The van der Waals surface area contributed by atoms with Crippen LogP contribution in [0.25, 0.3) is 0 Å². The average molecular weight is 470 g/mol. The zero-order valence-corrected chi connectivity index (χ0v) is 17.0. The molecule has 0 saturated carbocycles. The highest BCUT2D eigenvalue weighted by Gasteiger charge is 2.11. The quantitative estimate of drug-likeness (QED) is 0.663. The lowest BCUT2D eigenvalue weighted by Crippen LogP contribution is -2.23. The number of hydrogen-bond donors (Lipinski definition) is 2. The SMILES string of the molecule is CCNC(=O)c1cccc(NC(=O)COc2c(C)cc(Br)cc2Br)c1. The Morgan fingerprint density at radius 1 is 1.16 bits per heavy atom. The van der Waals surface area contributed by atoms with Gasteiger partial charge in [0.1, 0.15) is 5.75 Å². The maximum atomic E-state index is 12.1. The minimum atomic E-state index is -0.303. The summed E-state index contributed by atoms with van der Waals surface area (Å²) in [5.74, 6) is 0.140. The number of benzene rings is 2. The molecule has 0 saturated heterocycles. The number of ether oxygens (including phenoxy) is 1. The molecule has 0 atom stereocenters. The van der Waals surface area contributed by atoms with E-state index in [0.717, 1.165) is 14.5 Å². The number of aryl methyl sites for hydroxylation is 1. The van der Waals surface area contributed by atoms with E-state index in [0.29, 0.717) is 23.5 Å². The third kappa shape index (κ3) is 5.57. The first-order valence-electron chi connectivity index (χ1n) is 7.67. The van der Waals surface area contributed by atoms with E-state index in [9.17, 15) is 9.59 Å². The monoisotopic (exact) mass is 468 g/mol. The summed E-state index contributed by atoms with van der Waals surface area (Å²) in [5.41, 5.74) is 1.95. The Kier molecular flexibility index (Phi) is 7.01. The van der Waals surface area contributed by atoms with Crippen LogP contribution in [0.4, 0.5) is 5.69 Å². The van der Waals surface area contributed by atoms with Crippen LogP contribution in [0.2, 0.25) is 0 Å². The summed E-state index contributed by atoms with van der Waals surface area (Å²) in [6, 6.07) is 10.5. The lowest BCUT2D eigenvalue weighted by Gasteiger charge is -2.12. The fourth-order valence-electron chi connectivity index (χ4n) is 2.21. The molecule has 0 unspecified atom stereocenters. The second-order valence-corrected chi connectivity index (χ2v) is 7.08. The topological polar surface area (TPSA) is 67.4 Å². The Morgan fingerprint density at radius 3 is 2.60 bits per heavy atom. The normalized spacial score (nSPS) is 10.2. The summed E-state index contributed by atoms with van der Waals surface area (Å²) in [7, 11) is 0. The van der Waals surface area contributed by atoms with E-state index in [1.54, 1.807) is 24.3 Å². The number of rotatable bonds is 6. The maximum absolute atomic E-state index is 12.1. The van der Waals surface area contributed by atoms with Gasteiger partial charge >= 0.3 is 0 Å². The van der Waals surface area contributed by atoms with Gasteiger partial charge in [-0.1, -0.05) is 22.0 Å². The summed E-state index contributed by atoms with van der Waals surface area (Å²) in [6.07, 6.45) is 0. The van der Waals surface area contributed by atoms with Crippen molar-refractivity contribution in [1.82, 2.24) is 5.32 Å². The molecule has 2 aromatic carbocycles. The molecule has 5 nitrogen and oxygen atoms in total. The molecule has 0 spiro atoms. The standard InChI is InChI=1S/C18H18Br2N2O3/c1-3-21-18(24)12-5-4-6-14(8-12)22-16(23)10-25-17-11(2)7-13(19)9-15(17)20/h4-9H,3,10H2,1-2H3,(H,21,24)(H,22,23). The average Bonchev–Trinajstić information content (AvgIpc) is 2.54. The number of carbonyl (C=O) groups excluding carboxylic acids is 2. The van der Waals surface area contributed by atoms with Crippen molar-refractivity contribution in [3.63, 3.8) is 0 Å². The molecule has 0 fully saturated rings. The molecule has 0 aliphatic carbocycles. The molecule has 7 heteroatoms. The third-order valence-electron chi connectivity index (χ3n) is 3.29. The molecule has 25 heavy (non-hydrogen) atoms. The summed E-state index contributed by atoms with van der Waals surface area (Å²) in [5, 5.41) is 5.45. The van der Waals surface area contributed by atoms with Crippen LogP contribution >= 0.6 is 31.9 Å². The molecule has 132 valence electrons. The van der Waals surface area contributed by atoms with Gasteiger partial charge in [0.25, 0.3) is 11.8 Å². The Morgan fingerprint density at radius 2 is 1.92 bits per heavy atom. The molecule has 0 aromatic heterocycles. The highest BCUT2D eigenvalue weighted by atomic mass is 79.9. The Balaban J connectivity index is 1.99. The third-order valence-corrected chi connectivity index (χ3v) is 4.33. The number of halogens is 2. The molecular weight excluding hydrogens is 452 g/mol. The van der Waals surface area contributed by atoms with E-state index >= 15 is 0 Å². The van der Waals surface area contributed by atoms with E-state index < -0.39 is 0 Å².